The zero-order chi connectivity index (χ0) is 8.53. The third-order valence-corrected chi connectivity index (χ3v) is 1.39. The van der Waals surface area contributed by atoms with Crippen molar-refractivity contribution in [1.82, 2.24) is 0 Å². The molecule has 0 aromatic rings. The predicted octanol–water partition coefficient (Wildman–Crippen LogP) is 2.33. The molecule has 0 rings (SSSR count). The van der Waals surface area contributed by atoms with E-state index < -0.39 is 0 Å². The first-order chi connectivity index (χ1) is 5.31. The van der Waals surface area contributed by atoms with Gasteiger partial charge in [0.15, 0.2) is 5.78 Å². The van der Waals surface area contributed by atoms with Gasteiger partial charge in [0.2, 0.25) is 0 Å². The molecule has 1 heteroatoms. The number of rotatable bonds is 5. The quantitative estimate of drug-likeness (QED) is 0.334. The van der Waals surface area contributed by atoms with Gasteiger partial charge in [-0.15, -0.1) is 6.42 Å². The molecule has 0 atom stereocenters. The van der Waals surface area contributed by atoms with Crippen molar-refractivity contribution < 1.29 is 4.79 Å². The maximum atomic E-state index is 10.9. The number of unbranched alkanes of at least 4 members (excludes halogenated alkanes) is 2. The molecule has 0 aliphatic carbocycles. The lowest BCUT2D eigenvalue weighted by atomic mass is 10.1. The Labute approximate surface area is 68.5 Å². The van der Waals surface area contributed by atoms with Gasteiger partial charge >= 0.3 is 0 Å². The van der Waals surface area contributed by atoms with Crippen LogP contribution >= 0.6 is 0 Å². The molecule has 0 aliphatic heterocycles. The van der Waals surface area contributed by atoms with Gasteiger partial charge in [0.1, 0.15) is 0 Å². The van der Waals surface area contributed by atoms with E-state index in [0.29, 0.717) is 6.42 Å². The summed E-state index contributed by atoms with van der Waals surface area (Å²) < 4.78 is 0. The Morgan fingerprint density at radius 2 is 2.27 bits per heavy atom. The highest BCUT2D eigenvalue weighted by atomic mass is 16.1. The molecule has 0 fully saturated rings. The highest BCUT2D eigenvalue weighted by Crippen LogP contribution is 1.99. The Balaban J connectivity index is 3.39. The van der Waals surface area contributed by atoms with Crippen LogP contribution in [-0.4, -0.2) is 5.78 Å². The van der Waals surface area contributed by atoms with E-state index in [1.54, 1.807) is 0 Å². The first kappa shape index (κ1) is 9.97. The third-order valence-electron chi connectivity index (χ3n) is 1.39. The van der Waals surface area contributed by atoms with Crippen molar-refractivity contribution >= 4 is 5.78 Å². The zero-order valence-corrected chi connectivity index (χ0v) is 6.97. The smallest absolute Gasteiger partial charge is 0.156 e. The molecule has 11 heavy (non-hydrogen) atoms. The van der Waals surface area contributed by atoms with Crippen molar-refractivity contribution in [2.45, 2.75) is 32.6 Å². The second kappa shape index (κ2) is 7.08. The van der Waals surface area contributed by atoms with Crippen molar-refractivity contribution in [2.24, 2.45) is 0 Å². The molecule has 0 radical (unpaired) electrons. The topological polar surface area (TPSA) is 17.1 Å². The molecule has 1 nitrogen and oxygen atoms in total. The third kappa shape index (κ3) is 6.86. The summed E-state index contributed by atoms with van der Waals surface area (Å²) in [5.41, 5.74) is 0. The van der Waals surface area contributed by atoms with E-state index in [0.717, 1.165) is 19.3 Å². The van der Waals surface area contributed by atoms with Crippen LogP contribution in [0.2, 0.25) is 0 Å². The van der Waals surface area contributed by atoms with Gasteiger partial charge in [-0.2, -0.15) is 0 Å². The van der Waals surface area contributed by atoms with E-state index in [4.69, 9.17) is 6.42 Å². The molecular weight excluding hydrogens is 136 g/mol. The summed E-state index contributed by atoms with van der Waals surface area (Å²) in [5, 5.41) is 0. The van der Waals surface area contributed by atoms with Gasteiger partial charge in [-0.25, -0.2) is 0 Å². The molecule has 0 heterocycles. The highest BCUT2D eigenvalue weighted by molar-refractivity contribution is 5.89. The van der Waals surface area contributed by atoms with E-state index in [2.05, 4.69) is 12.8 Å². The van der Waals surface area contributed by atoms with Crippen molar-refractivity contribution in [3.05, 3.63) is 12.2 Å². The maximum absolute atomic E-state index is 10.9. The summed E-state index contributed by atoms with van der Waals surface area (Å²) in [5.74, 6) is 2.42. The van der Waals surface area contributed by atoms with E-state index in [9.17, 15) is 4.79 Å². The van der Waals surface area contributed by atoms with Crippen LogP contribution in [0.4, 0.5) is 0 Å². The number of ketones is 1. The second-order valence-corrected chi connectivity index (χ2v) is 2.42. The second-order valence-electron chi connectivity index (χ2n) is 2.42. The molecular formula is C10H14O. The Hall–Kier alpha value is -1.03. The monoisotopic (exact) mass is 150 g/mol. The fourth-order valence-corrected chi connectivity index (χ4v) is 0.774. The summed E-state index contributed by atoms with van der Waals surface area (Å²) >= 11 is 0. The number of allylic oxidation sites excluding steroid dienone is 2. The molecule has 0 bridgehead atoms. The fraction of sp³-hybridized carbons (Fsp3) is 0.500. The molecule has 0 aromatic carbocycles. The van der Waals surface area contributed by atoms with E-state index in [1.165, 1.54) is 12.2 Å². The van der Waals surface area contributed by atoms with Crippen molar-refractivity contribution in [3.8, 4) is 12.3 Å². The normalized spacial score (nSPS) is 9.82. The standard InChI is InChI=1S/C10H14O/c1-3-5-7-9-10(11)8-6-4-2/h2,6,8H,3,5,7,9H2,1H3. The van der Waals surface area contributed by atoms with Gasteiger partial charge in [0.05, 0.1) is 0 Å². The van der Waals surface area contributed by atoms with Crippen molar-refractivity contribution in [2.75, 3.05) is 0 Å². The minimum atomic E-state index is 0.136. The van der Waals surface area contributed by atoms with Crippen molar-refractivity contribution in [1.29, 1.82) is 0 Å². The number of terminal acetylenes is 1. The first-order valence-electron chi connectivity index (χ1n) is 3.96. The lowest BCUT2D eigenvalue weighted by molar-refractivity contribution is -0.114. The van der Waals surface area contributed by atoms with E-state index >= 15 is 0 Å². The summed E-state index contributed by atoms with van der Waals surface area (Å²) in [6.07, 6.45) is 11.7. The first-order valence-corrected chi connectivity index (χ1v) is 3.96. The molecule has 0 saturated heterocycles. The lowest BCUT2D eigenvalue weighted by Crippen LogP contribution is -1.91. The summed E-state index contributed by atoms with van der Waals surface area (Å²) in [4.78, 5) is 10.9. The molecule has 60 valence electrons. The fourth-order valence-electron chi connectivity index (χ4n) is 0.774. The molecule has 0 spiro atoms. The molecule has 0 N–H and O–H groups in total. The minimum Gasteiger partial charge on any atom is -0.295 e. The molecule has 0 unspecified atom stereocenters. The average Bonchev–Trinajstić information content (AvgIpc) is 2.01. The number of hydrogen-bond donors (Lipinski definition) is 0. The Morgan fingerprint density at radius 1 is 1.55 bits per heavy atom. The SMILES string of the molecule is C#CC=CC(=O)CCCCC. The molecule has 0 aromatic heterocycles. The van der Waals surface area contributed by atoms with Gasteiger partial charge in [-0.05, 0) is 18.6 Å². The van der Waals surface area contributed by atoms with E-state index in [-0.39, 0.29) is 5.78 Å². The largest absolute Gasteiger partial charge is 0.295 e. The van der Waals surface area contributed by atoms with Crippen LogP contribution in [0.1, 0.15) is 32.6 Å². The minimum absolute atomic E-state index is 0.136. The maximum Gasteiger partial charge on any atom is 0.156 e. The molecule has 0 saturated carbocycles. The number of carbonyl (C=O) groups is 1. The predicted molar refractivity (Wildman–Crippen MR) is 47.1 cm³/mol. The average molecular weight is 150 g/mol. The number of hydrogen-bond acceptors (Lipinski definition) is 1. The van der Waals surface area contributed by atoms with Gasteiger partial charge < -0.3 is 0 Å². The van der Waals surface area contributed by atoms with Crippen LogP contribution in [0.3, 0.4) is 0 Å². The molecule has 0 amide bonds. The van der Waals surface area contributed by atoms with Crippen LogP contribution in [0.15, 0.2) is 12.2 Å². The van der Waals surface area contributed by atoms with Gasteiger partial charge in [0, 0.05) is 6.42 Å². The van der Waals surface area contributed by atoms with Gasteiger partial charge in [0.25, 0.3) is 0 Å². The Kier molecular flexibility index (Phi) is 6.42. The van der Waals surface area contributed by atoms with Gasteiger partial charge in [-0.1, -0.05) is 25.7 Å². The van der Waals surface area contributed by atoms with Crippen LogP contribution < -0.4 is 0 Å². The summed E-state index contributed by atoms with van der Waals surface area (Å²) in [6, 6.07) is 0. The van der Waals surface area contributed by atoms with Crippen LogP contribution in [-0.2, 0) is 4.79 Å². The molecule has 0 aliphatic rings. The zero-order valence-electron chi connectivity index (χ0n) is 6.97. The lowest BCUT2D eigenvalue weighted by Gasteiger charge is -1.92. The van der Waals surface area contributed by atoms with Crippen molar-refractivity contribution in [3.63, 3.8) is 0 Å². The van der Waals surface area contributed by atoms with Crippen LogP contribution in [0.5, 0.6) is 0 Å². The summed E-state index contributed by atoms with van der Waals surface area (Å²) in [6.45, 7) is 2.11. The van der Waals surface area contributed by atoms with Crippen LogP contribution in [0, 0.1) is 12.3 Å². The van der Waals surface area contributed by atoms with Crippen LogP contribution in [0.25, 0.3) is 0 Å². The Morgan fingerprint density at radius 3 is 2.82 bits per heavy atom. The summed E-state index contributed by atoms with van der Waals surface area (Å²) in [7, 11) is 0. The highest BCUT2D eigenvalue weighted by Gasteiger charge is 1.93. The Bertz CT molecular complexity index is 172. The number of carbonyl (C=O) groups excluding carboxylic acids is 1. The van der Waals surface area contributed by atoms with E-state index in [1.807, 2.05) is 0 Å². The van der Waals surface area contributed by atoms with Gasteiger partial charge in [-0.3, -0.25) is 4.79 Å².